The van der Waals surface area contributed by atoms with Crippen LogP contribution >= 0.6 is 0 Å². The van der Waals surface area contributed by atoms with Crippen molar-refractivity contribution >= 4 is 6.02 Å². The molecule has 0 radical (unpaired) electrons. The summed E-state index contributed by atoms with van der Waals surface area (Å²) in [5.74, 6) is 0.790. The Balaban J connectivity index is 1.58. The number of hydrogen-bond acceptors (Lipinski definition) is 5. The van der Waals surface area contributed by atoms with Crippen LogP contribution in [0.3, 0.4) is 0 Å². The molecule has 2 N–H and O–H groups in total. The Bertz CT molecular complexity index is 563. The molecular formula is C13H14N4O2. The Morgan fingerprint density at radius 3 is 2.84 bits per heavy atom. The molecule has 0 amide bonds. The van der Waals surface area contributed by atoms with Crippen LogP contribution < -0.4 is 10.5 Å². The molecule has 0 fully saturated rings. The Labute approximate surface area is 110 Å². The van der Waals surface area contributed by atoms with Crippen LogP contribution in [0.25, 0.3) is 5.69 Å². The van der Waals surface area contributed by atoms with Crippen LogP contribution in [0.4, 0.5) is 0 Å². The summed E-state index contributed by atoms with van der Waals surface area (Å²) in [6.07, 6.45) is 5.30. The highest BCUT2D eigenvalue weighted by atomic mass is 16.5. The monoisotopic (exact) mass is 258 g/mol. The zero-order chi connectivity index (χ0) is 13.1. The van der Waals surface area contributed by atoms with Crippen LogP contribution in [0.5, 0.6) is 5.75 Å². The van der Waals surface area contributed by atoms with Crippen molar-refractivity contribution in [3.63, 3.8) is 0 Å². The van der Waals surface area contributed by atoms with E-state index in [9.17, 15) is 0 Å². The van der Waals surface area contributed by atoms with Gasteiger partial charge in [-0.2, -0.15) is 0 Å². The van der Waals surface area contributed by atoms with Crippen molar-refractivity contribution in [3.05, 3.63) is 43.0 Å². The minimum absolute atomic E-state index is 0.0895. The molecule has 1 atom stereocenters. The minimum Gasteiger partial charge on any atom is -0.490 e. The number of amidine groups is 1. The van der Waals surface area contributed by atoms with Crippen LogP contribution in [0, 0.1) is 0 Å². The molecule has 19 heavy (non-hydrogen) atoms. The molecule has 0 spiro atoms. The SMILES string of the molecule is NC1=NCC(COc2ccc(-n3ccnc3)cc2)O1. The molecule has 0 bridgehead atoms. The summed E-state index contributed by atoms with van der Waals surface area (Å²) in [5.41, 5.74) is 6.47. The average molecular weight is 258 g/mol. The fourth-order valence-electron chi connectivity index (χ4n) is 1.84. The number of nitrogens with two attached hydrogens (primary N) is 1. The molecule has 1 aromatic heterocycles. The lowest BCUT2D eigenvalue weighted by atomic mass is 10.3. The van der Waals surface area contributed by atoms with Gasteiger partial charge >= 0.3 is 0 Å². The normalized spacial score (nSPS) is 17.9. The summed E-state index contributed by atoms with van der Waals surface area (Å²) in [6.45, 7) is 0.994. The van der Waals surface area contributed by atoms with Crippen LogP contribution in [-0.4, -0.2) is 34.8 Å². The number of hydrogen-bond donors (Lipinski definition) is 1. The van der Waals surface area contributed by atoms with Gasteiger partial charge in [-0.15, -0.1) is 0 Å². The number of aromatic nitrogens is 2. The van der Waals surface area contributed by atoms with Gasteiger partial charge in [0.05, 0.1) is 12.9 Å². The molecular weight excluding hydrogens is 244 g/mol. The van der Waals surface area contributed by atoms with Gasteiger partial charge in [-0.25, -0.2) is 9.98 Å². The summed E-state index contributed by atoms with van der Waals surface area (Å²) in [5, 5.41) is 0. The fraction of sp³-hybridized carbons (Fsp3) is 0.231. The van der Waals surface area contributed by atoms with Crippen molar-refractivity contribution < 1.29 is 9.47 Å². The van der Waals surface area contributed by atoms with Gasteiger partial charge in [0.15, 0.2) is 6.10 Å². The second kappa shape index (κ2) is 5.01. The van der Waals surface area contributed by atoms with E-state index in [-0.39, 0.29) is 12.1 Å². The largest absolute Gasteiger partial charge is 0.490 e. The van der Waals surface area contributed by atoms with Crippen molar-refractivity contribution in [2.75, 3.05) is 13.2 Å². The lowest BCUT2D eigenvalue weighted by Gasteiger charge is -2.12. The summed E-state index contributed by atoms with van der Waals surface area (Å²) in [7, 11) is 0. The molecule has 98 valence electrons. The maximum atomic E-state index is 5.63. The van der Waals surface area contributed by atoms with Crippen LogP contribution in [-0.2, 0) is 4.74 Å². The predicted molar refractivity (Wildman–Crippen MR) is 70.4 cm³/mol. The zero-order valence-electron chi connectivity index (χ0n) is 10.3. The zero-order valence-corrected chi connectivity index (χ0v) is 10.3. The van der Waals surface area contributed by atoms with E-state index in [1.54, 1.807) is 12.5 Å². The number of rotatable bonds is 4. The summed E-state index contributed by atoms with van der Waals surface area (Å²) in [6, 6.07) is 8.00. The number of ether oxygens (including phenoxy) is 2. The van der Waals surface area contributed by atoms with Gasteiger partial charge in [-0.3, -0.25) is 0 Å². The molecule has 2 aromatic rings. The van der Waals surface area contributed by atoms with E-state index in [0.29, 0.717) is 13.2 Å². The maximum Gasteiger partial charge on any atom is 0.282 e. The van der Waals surface area contributed by atoms with Crippen molar-refractivity contribution in [2.24, 2.45) is 10.7 Å². The quantitative estimate of drug-likeness (QED) is 0.886. The first-order valence-electron chi connectivity index (χ1n) is 5.99. The molecule has 3 rings (SSSR count). The Morgan fingerprint density at radius 1 is 1.37 bits per heavy atom. The van der Waals surface area contributed by atoms with Crippen LogP contribution in [0.1, 0.15) is 0 Å². The van der Waals surface area contributed by atoms with Crippen molar-refractivity contribution in [3.8, 4) is 11.4 Å². The number of aliphatic imine (C=N–C) groups is 1. The van der Waals surface area contributed by atoms with E-state index in [4.69, 9.17) is 15.2 Å². The average Bonchev–Trinajstić information content (AvgIpc) is 3.08. The lowest BCUT2D eigenvalue weighted by molar-refractivity contribution is 0.141. The molecule has 1 aromatic carbocycles. The Hall–Kier alpha value is -2.50. The smallest absolute Gasteiger partial charge is 0.282 e. The number of nitrogens with zero attached hydrogens (tertiary/aromatic N) is 3. The van der Waals surface area contributed by atoms with Gasteiger partial charge in [0.2, 0.25) is 0 Å². The van der Waals surface area contributed by atoms with E-state index in [2.05, 4.69) is 9.98 Å². The number of imidazole rings is 1. The van der Waals surface area contributed by atoms with Gasteiger partial charge in [0.1, 0.15) is 12.4 Å². The maximum absolute atomic E-state index is 5.63. The van der Waals surface area contributed by atoms with E-state index in [1.807, 2.05) is 35.0 Å². The van der Waals surface area contributed by atoms with Crippen molar-refractivity contribution in [1.82, 2.24) is 9.55 Å². The Kier molecular flexibility index (Phi) is 3.06. The van der Waals surface area contributed by atoms with Gasteiger partial charge in [-0.1, -0.05) is 0 Å². The molecule has 1 aliphatic rings. The molecule has 2 heterocycles. The summed E-state index contributed by atoms with van der Waals surface area (Å²) < 4.78 is 12.8. The van der Waals surface area contributed by atoms with E-state index in [1.165, 1.54) is 0 Å². The molecule has 6 nitrogen and oxygen atoms in total. The van der Waals surface area contributed by atoms with Crippen LogP contribution in [0.2, 0.25) is 0 Å². The highest BCUT2D eigenvalue weighted by Crippen LogP contribution is 2.16. The molecule has 1 aliphatic heterocycles. The third kappa shape index (κ3) is 2.67. The van der Waals surface area contributed by atoms with Crippen molar-refractivity contribution in [2.45, 2.75) is 6.10 Å². The minimum atomic E-state index is -0.0895. The van der Waals surface area contributed by atoms with Gasteiger partial charge in [0.25, 0.3) is 6.02 Å². The molecule has 1 unspecified atom stereocenters. The molecule has 6 heteroatoms. The fourth-order valence-corrected chi connectivity index (χ4v) is 1.84. The third-order valence-electron chi connectivity index (χ3n) is 2.81. The van der Waals surface area contributed by atoms with Gasteiger partial charge in [0, 0.05) is 18.1 Å². The summed E-state index contributed by atoms with van der Waals surface area (Å²) in [4.78, 5) is 7.97. The van der Waals surface area contributed by atoms with Crippen LogP contribution in [0.15, 0.2) is 48.0 Å². The highest BCUT2D eigenvalue weighted by Gasteiger charge is 2.18. The predicted octanol–water partition coefficient (Wildman–Crippen LogP) is 0.965. The van der Waals surface area contributed by atoms with E-state index < -0.39 is 0 Å². The first kappa shape index (κ1) is 11.6. The Morgan fingerprint density at radius 2 is 2.21 bits per heavy atom. The second-order valence-corrected chi connectivity index (χ2v) is 4.19. The highest BCUT2D eigenvalue weighted by molar-refractivity contribution is 5.73. The lowest BCUT2D eigenvalue weighted by Crippen LogP contribution is -2.24. The van der Waals surface area contributed by atoms with E-state index >= 15 is 0 Å². The van der Waals surface area contributed by atoms with Crippen molar-refractivity contribution in [1.29, 1.82) is 0 Å². The van der Waals surface area contributed by atoms with Gasteiger partial charge < -0.3 is 19.8 Å². The van der Waals surface area contributed by atoms with E-state index in [0.717, 1.165) is 11.4 Å². The third-order valence-corrected chi connectivity index (χ3v) is 2.81. The number of benzene rings is 1. The molecule has 0 saturated heterocycles. The van der Waals surface area contributed by atoms with Gasteiger partial charge in [-0.05, 0) is 24.3 Å². The first-order chi connectivity index (χ1) is 9.31. The summed E-state index contributed by atoms with van der Waals surface area (Å²) >= 11 is 0. The molecule has 0 saturated carbocycles. The standard InChI is InChI=1S/C13H14N4O2/c14-13-16-7-12(19-13)8-18-11-3-1-10(2-4-11)17-6-5-15-9-17/h1-6,9,12H,7-8H2,(H2,14,16). The second-order valence-electron chi connectivity index (χ2n) is 4.19. The molecule has 0 aliphatic carbocycles. The topological polar surface area (TPSA) is 74.7 Å². The first-order valence-corrected chi connectivity index (χ1v) is 5.99.